The van der Waals surface area contributed by atoms with Crippen molar-refractivity contribution < 1.29 is 9.53 Å². The summed E-state index contributed by atoms with van der Waals surface area (Å²) in [7, 11) is 1.62. The summed E-state index contributed by atoms with van der Waals surface area (Å²) in [6.07, 6.45) is 0.825. The Balaban J connectivity index is 2.78. The maximum absolute atomic E-state index is 12.0. The lowest BCUT2D eigenvalue weighted by atomic mass is 10.1. The molecule has 0 aromatic heterocycles. The number of hydrogen-bond acceptors (Lipinski definition) is 3. The lowest BCUT2D eigenvalue weighted by Gasteiger charge is -2.16. The van der Waals surface area contributed by atoms with Gasteiger partial charge in [0.05, 0.1) is 18.2 Å². The smallest absolute Gasteiger partial charge is 0.253 e. The van der Waals surface area contributed by atoms with Crippen molar-refractivity contribution in [2.24, 2.45) is 0 Å². The molecule has 1 aromatic rings. The third kappa shape index (κ3) is 3.75. The first-order chi connectivity index (χ1) is 8.08. The SMILES string of the molecule is CCC(COC)NC(=O)c1cc(C)ccc1N. The van der Waals surface area contributed by atoms with Gasteiger partial charge in [0.2, 0.25) is 0 Å². The lowest BCUT2D eigenvalue weighted by molar-refractivity contribution is 0.0895. The molecule has 1 unspecified atom stereocenters. The Morgan fingerprint density at radius 3 is 2.82 bits per heavy atom. The van der Waals surface area contributed by atoms with Crippen molar-refractivity contribution in [3.63, 3.8) is 0 Å². The van der Waals surface area contributed by atoms with E-state index in [0.717, 1.165) is 12.0 Å². The van der Waals surface area contributed by atoms with Crippen LogP contribution < -0.4 is 11.1 Å². The number of amides is 1. The van der Waals surface area contributed by atoms with Gasteiger partial charge in [-0.25, -0.2) is 0 Å². The molecule has 0 aliphatic rings. The fourth-order valence-corrected chi connectivity index (χ4v) is 1.59. The molecule has 1 aromatic carbocycles. The molecule has 0 bridgehead atoms. The molecule has 4 nitrogen and oxygen atoms in total. The first kappa shape index (κ1) is 13.5. The molecule has 4 heteroatoms. The zero-order valence-corrected chi connectivity index (χ0v) is 10.6. The van der Waals surface area contributed by atoms with Crippen LogP contribution in [0.15, 0.2) is 18.2 Å². The zero-order chi connectivity index (χ0) is 12.8. The first-order valence-electron chi connectivity index (χ1n) is 5.74. The number of anilines is 1. The van der Waals surface area contributed by atoms with Gasteiger partial charge < -0.3 is 15.8 Å². The standard InChI is InChI=1S/C13H20N2O2/c1-4-10(8-17-3)15-13(16)11-7-9(2)5-6-12(11)14/h5-7,10H,4,8,14H2,1-3H3,(H,15,16). The predicted octanol–water partition coefficient (Wildman–Crippen LogP) is 1.73. The number of rotatable bonds is 5. The van der Waals surface area contributed by atoms with Crippen LogP contribution in [0.1, 0.15) is 29.3 Å². The molecule has 0 fully saturated rings. The Kier molecular flexibility index (Phi) is 4.97. The van der Waals surface area contributed by atoms with E-state index in [1.165, 1.54) is 0 Å². The van der Waals surface area contributed by atoms with E-state index < -0.39 is 0 Å². The third-order valence-electron chi connectivity index (χ3n) is 2.65. The van der Waals surface area contributed by atoms with Gasteiger partial charge in [0.1, 0.15) is 0 Å². The van der Waals surface area contributed by atoms with Crippen LogP contribution >= 0.6 is 0 Å². The molecule has 0 spiro atoms. The van der Waals surface area contributed by atoms with Gasteiger partial charge in [-0.2, -0.15) is 0 Å². The van der Waals surface area contributed by atoms with E-state index in [9.17, 15) is 4.79 Å². The minimum absolute atomic E-state index is 0.0208. The number of nitrogens with two attached hydrogens (primary N) is 1. The molecular formula is C13H20N2O2. The average molecular weight is 236 g/mol. The van der Waals surface area contributed by atoms with E-state index in [4.69, 9.17) is 10.5 Å². The van der Waals surface area contributed by atoms with Crippen LogP contribution in [-0.2, 0) is 4.74 Å². The first-order valence-corrected chi connectivity index (χ1v) is 5.74. The van der Waals surface area contributed by atoms with Crippen LogP contribution in [0.2, 0.25) is 0 Å². The minimum atomic E-state index is -0.143. The van der Waals surface area contributed by atoms with Crippen LogP contribution in [0.3, 0.4) is 0 Å². The molecular weight excluding hydrogens is 216 g/mol. The number of aryl methyl sites for hydroxylation is 1. The van der Waals surface area contributed by atoms with Crippen molar-refractivity contribution in [1.29, 1.82) is 0 Å². The number of benzene rings is 1. The largest absolute Gasteiger partial charge is 0.398 e. The monoisotopic (exact) mass is 236 g/mol. The Morgan fingerprint density at radius 2 is 2.24 bits per heavy atom. The molecule has 94 valence electrons. The van der Waals surface area contributed by atoms with Crippen molar-refractivity contribution in [3.05, 3.63) is 29.3 Å². The molecule has 0 saturated heterocycles. The highest BCUT2D eigenvalue weighted by molar-refractivity contribution is 5.99. The van der Waals surface area contributed by atoms with Crippen molar-refractivity contribution >= 4 is 11.6 Å². The van der Waals surface area contributed by atoms with Crippen LogP contribution in [0.4, 0.5) is 5.69 Å². The van der Waals surface area contributed by atoms with E-state index in [2.05, 4.69) is 5.32 Å². The minimum Gasteiger partial charge on any atom is -0.398 e. The van der Waals surface area contributed by atoms with Gasteiger partial charge in [0.15, 0.2) is 0 Å². The average Bonchev–Trinajstić information content (AvgIpc) is 2.31. The zero-order valence-electron chi connectivity index (χ0n) is 10.6. The molecule has 17 heavy (non-hydrogen) atoms. The van der Waals surface area contributed by atoms with Gasteiger partial charge in [-0.15, -0.1) is 0 Å². The Bertz CT molecular complexity index is 391. The molecule has 0 saturated carbocycles. The van der Waals surface area contributed by atoms with Crippen molar-refractivity contribution in [1.82, 2.24) is 5.32 Å². The van der Waals surface area contributed by atoms with Crippen molar-refractivity contribution in [2.75, 3.05) is 19.5 Å². The summed E-state index contributed by atoms with van der Waals surface area (Å²) in [6.45, 7) is 4.44. The summed E-state index contributed by atoms with van der Waals surface area (Å²) in [5.74, 6) is -0.143. The molecule has 1 amide bonds. The Morgan fingerprint density at radius 1 is 1.53 bits per heavy atom. The van der Waals surface area contributed by atoms with Crippen LogP contribution in [0.25, 0.3) is 0 Å². The molecule has 1 rings (SSSR count). The second-order valence-corrected chi connectivity index (χ2v) is 4.12. The van der Waals surface area contributed by atoms with E-state index in [1.54, 1.807) is 19.2 Å². The van der Waals surface area contributed by atoms with Crippen LogP contribution in [-0.4, -0.2) is 25.7 Å². The summed E-state index contributed by atoms with van der Waals surface area (Å²) in [5.41, 5.74) is 7.83. The lowest BCUT2D eigenvalue weighted by Crippen LogP contribution is -2.37. The normalized spacial score (nSPS) is 12.2. The van der Waals surface area contributed by atoms with Gasteiger partial charge in [0, 0.05) is 12.8 Å². The predicted molar refractivity (Wildman–Crippen MR) is 69.0 cm³/mol. The Hall–Kier alpha value is -1.55. The number of ether oxygens (including phenoxy) is 1. The van der Waals surface area contributed by atoms with Gasteiger partial charge in [0.25, 0.3) is 5.91 Å². The molecule has 0 radical (unpaired) electrons. The summed E-state index contributed by atoms with van der Waals surface area (Å²) in [5, 5.41) is 2.91. The summed E-state index contributed by atoms with van der Waals surface area (Å²) in [6, 6.07) is 5.46. The second kappa shape index (κ2) is 6.25. The van der Waals surface area contributed by atoms with E-state index in [1.807, 2.05) is 19.9 Å². The number of hydrogen-bond donors (Lipinski definition) is 2. The molecule has 3 N–H and O–H groups in total. The quantitative estimate of drug-likeness (QED) is 0.765. The highest BCUT2D eigenvalue weighted by Gasteiger charge is 2.14. The second-order valence-electron chi connectivity index (χ2n) is 4.12. The number of nitrogen functional groups attached to an aromatic ring is 1. The summed E-state index contributed by atoms with van der Waals surface area (Å²) < 4.78 is 5.04. The number of carbonyl (C=O) groups is 1. The van der Waals surface area contributed by atoms with E-state index in [-0.39, 0.29) is 11.9 Å². The molecule has 0 aliphatic carbocycles. The molecule has 1 atom stereocenters. The summed E-state index contributed by atoms with van der Waals surface area (Å²) in [4.78, 5) is 12.0. The van der Waals surface area contributed by atoms with Crippen LogP contribution in [0.5, 0.6) is 0 Å². The van der Waals surface area contributed by atoms with Crippen LogP contribution in [0, 0.1) is 6.92 Å². The van der Waals surface area contributed by atoms with Gasteiger partial charge in [-0.05, 0) is 25.5 Å². The maximum atomic E-state index is 12.0. The van der Waals surface area contributed by atoms with Gasteiger partial charge in [-0.1, -0.05) is 18.6 Å². The maximum Gasteiger partial charge on any atom is 0.253 e. The van der Waals surface area contributed by atoms with Crippen molar-refractivity contribution in [3.8, 4) is 0 Å². The third-order valence-corrected chi connectivity index (χ3v) is 2.65. The van der Waals surface area contributed by atoms with Gasteiger partial charge in [-0.3, -0.25) is 4.79 Å². The Labute approximate surface area is 102 Å². The fraction of sp³-hybridized carbons (Fsp3) is 0.462. The van der Waals surface area contributed by atoms with Crippen molar-refractivity contribution in [2.45, 2.75) is 26.3 Å². The molecule has 0 heterocycles. The topological polar surface area (TPSA) is 64.3 Å². The fourth-order valence-electron chi connectivity index (χ4n) is 1.59. The number of methoxy groups -OCH3 is 1. The number of carbonyl (C=O) groups excluding carboxylic acids is 1. The summed E-state index contributed by atoms with van der Waals surface area (Å²) >= 11 is 0. The number of nitrogens with one attached hydrogen (secondary N) is 1. The molecule has 0 aliphatic heterocycles. The van der Waals surface area contributed by atoms with Gasteiger partial charge >= 0.3 is 0 Å². The highest BCUT2D eigenvalue weighted by Crippen LogP contribution is 2.13. The highest BCUT2D eigenvalue weighted by atomic mass is 16.5. The van der Waals surface area contributed by atoms with E-state index in [0.29, 0.717) is 17.9 Å². The van der Waals surface area contributed by atoms with E-state index >= 15 is 0 Å².